The molecule has 0 amide bonds. The van der Waals surface area contributed by atoms with Crippen LogP contribution in [0.5, 0.6) is 0 Å². The van der Waals surface area contributed by atoms with E-state index in [0.29, 0.717) is 0 Å². The van der Waals surface area contributed by atoms with Crippen molar-refractivity contribution in [3.05, 3.63) is 53.9 Å². The van der Waals surface area contributed by atoms with Gasteiger partial charge in [-0.25, -0.2) is 9.50 Å². The van der Waals surface area contributed by atoms with Crippen LogP contribution in [0.4, 0.5) is 0 Å². The van der Waals surface area contributed by atoms with Crippen LogP contribution in [0.1, 0.15) is 18.2 Å². The lowest BCUT2D eigenvalue weighted by atomic mass is 10.1. The van der Waals surface area contributed by atoms with Crippen LogP contribution in [0, 0.1) is 6.92 Å². The third kappa shape index (κ3) is 1.88. The van der Waals surface area contributed by atoms with Crippen molar-refractivity contribution in [3.63, 3.8) is 0 Å². The largest absolute Gasteiger partial charge is 0.234 e. The third-order valence-electron chi connectivity index (χ3n) is 3.12. The van der Waals surface area contributed by atoms with E-state index < -0.39 is 0 Å². The first-order chi connectivity index (χ1) is 8.76. The number of aryl methyl sites for hydroxylation is 2. The fourth-order valence-electron chi connectivity index (χ4n) is 2.03. The van der Waals surface area contributed by atoms with Crippen molar-refractivity contribution < 1.29 is 0 Å². The van der Waals surface area contributed by atoms with Crippen LogP contribution in [-0.2, 0) is 6.42 Å². The summed E-state index contributed by atoms with van der Waals surface area (Å²) in [5, 5.41) is 4.53. The molecule has 3 aromatic rings. The number of benzene rings is 1. The van der Waals surface area contributed by atoms with Crippen LogP contribution in [-0.4, -0.2) is 14.6 Å². The van der Waals surface area contributed by atoms with Crippen LogP contribution >= 0.6 is 0 Å². The SMILES string of the molecule is CCc1ccc(-c2cc3nc(C)ccn3n2)cc1. The minimum atomic E-state index is 0.893. The van der Waals surface area contributed by atoms with E-state index in [9.17, 15) is 0 Å². The van der Waals surface area contributed by atoms with Gasteiger partial charge in [0.2, 0.25) is 0 Å². The van der Waals surface area contributed by atoms with Gasteiger partial charge in [0, 0.05) is 23.5 Å². The van der Waals surface area contributed by atoms with E-state index in [1.54, 1.807) is 0 Å². The van der Waals surface area contributed by atoms with Gasteiger partial charge in [0.05, 0.1) is 5.69 Å². The summed E-state index contributed by atoms with van der Waals surface area (Å²) in [4.78, 5) is 4.46. The van der Waals surface area contributed by atoms with Crippen molar-refractivity contribution in [1.82, 2.24) is 14.6 Å². The number of hydrogen-bond acceptors (Lipinski definition) is 2. The van der Waals surface area contributed by atoms with E-state index >= 15 is 0 Å². The second kappa shape index (κ2) is 4.26. The zero-order valence-electron chi connectivity index (χ0n) is 10.6. The van der Waals surface area contributed by atoms with Crippen LogP contribution in [0.15, 0.2) is 42.6 Å². The second-order valence-corrected chi connectivity index (χ2v) is 4.45. The van der Waals surface area contributed by atoms with Gasteiger partial charge in [-0.1, -0.05) is 31.2 Å². The summed E-state index contributed by atoms with van der Waals surface area (Å²) in [7, 11) is 0. The van der Waals surface area contributed by atoms with E-state index in [-0.39, 0.29) is 0 Å². The molecule has 0 atom stereocenters. The average Bonchev–Trinajstić information content (AvgIpc) is 2.81. The highest BCUT2D eigenvalue weighted by molar-refractivity contribution is 5.64. The fourth-order valence-corrected chi connectivity index (χ4v) is 2.03. The zero-order valence-corrected chi connectivity index (χ0v) is 10.6. The monoisotopic (exact) mass is 237 g/mol. The van der Waals surface area contributed by atoms with Gasteiger partial charge >= 0.3 is 0 Å². The molecule has 3 heteroatoms. The van der Waals surface area contributed by atoms with E-state index in [0.717, 1.165) is 29.0 Å². The van der Waals surface area contributed by atoms with Crippen molar-refractivity contribution in [3.8, 4) is 11.3 Å². The summed E-state index contributed by atoms with van der Waals surface area (Å²) in [6, 6.07) is 12.5. The topological polar surface area (TPSA) is 30.2 Å². The molecule has 0 fully saturated rings. The van der Waals surface area contributed by atoms with E-state index in [1.165, 1.54) is 5.56 Å². The Morgan fingerprint density at radius 2 is 1.89 bits per heavy atom. The quantitative estimate of drug-likeness (QED) is 0.684. The minimum Gasteiger partial charge on any atom is -0.234 e. The lowest BCUT2D eigenvalue weighted by molar-refractivity contribution is 0.933. The first-order valence-electron chi connectivity index (χ1n) is 6.18. The number of nitrogens with zero attached hydrogens (tertiary/aromatic N) is 3. The molecule has 3 nitrogen and oxygen atoms in total. The summed E-state index contributed by atoms with van der Waals surface area (Å²) in [5.74, 6) is 0. The van der Waals surface area contributed by atoms with Crippen molar-refractivity contribution >= 4 is 5.65 Å². The third-order valence-corrected chi connectivity index (χ3v) is 3.12. The molecule has 0 spiro atoms. The molecule has 1 aromatic carbocycles. The average molecular weight is 237 g/mol. The van der Waals surface area contributed by atoms with Gasteiger partial charge in [0.1, 0.15) is 0 Å². The number of rotatable bonds is 2. The van der Waals surface area contributed by atoms with Crippen LogP contribution < -0.4 is 0 Å². The Morgan fingerprint density at radius 1 is 1.11 bits per heavy atom. The van der Waals surface area contributed by atoms with Crippen LogP contribution in [0.3, 0.4) is 0 Å². The fraction of sp³-hybridized carbons (Fsp3) is 0.200. The van der Waals surface area contributed by atoms with Gasteiger partial charge in [0.15, 0.2) is 5.65 Å². The Balaban J connectivity index is 2.07. The smallest absolute Gasteiger partial charge is 0.155 e. The lowest BCUT2D eigenvalue weighted by Gasteiger charge is -1.98. The summed E-state index contributed by atoms with van der Waals surface area (Å²) < 4.78 is 1.82. The maximum atomic E-state index is 4.53. The molecule has 2 heterocycles. The number of fused-ring (bicyclic) bond motifs is 1. The van der Waals surface area contributed by atoms with Gasteiger partial charge in [-0.05, 0) is 25.0 Å². The zero-order chi connectivity index (χ0) is 12.5. The summed E-state index contributed by atoms with van der Waals surface area (Å²) in [6.07, 6.45) is 3.01. The molecule has 0 aliphatic carbocycles. The Labute approximate surface area is 106 Å². The van der Waals surface area contributed by atoms with Gasteiger partial charge in [-0.3, -0.25) is 0 Å². The predicted octanol–water partition coefficient (Wildman–Crippen LogP) is 3.27. The number of aromatic nitrogens is 3. The van der Waals surface area contributed by atoms with Gasteiger partial charge < -0.3 is 0 Å². The molecule has 3 rings (SSSR count). The molecular weight excluding hydrogens is 222 g/mol. The number of hydrogen-bond donors (Lipinski definition) is 0. The Hall–Kier alpha value is -2.16. The molecule has 0 saturated carbocycles. The Kier molecular flexibility index (Phi) is 2.59. The first-order valence-corrected chi connectivity index (χ1v) is 6.18. The molecule has 0 aliphatic rings. The summed E-state index contributed by atoms with van der Waals surface area (Å²) >= 11 is 0. The highest BCUT2D eigenvalue weighted by atomic mass is 15.2. The summed E-state index contributed by atoms with van der Waals surface area (Å²) in [6.45, 7) is 4.15. The normalized spacial score (nSPS) is 11.0. The molecule has 0 radical (unpaired) electrons. The second-order valence-electron chi connectivity index (χ2n) is 4.45. The van der Waals surface area contributed by atoms with Gasteiger partial charge in [0.25, 0.3) is 0 Å². The van der Waals surface area contributed by atoms with Gasteiger partial charge in [-0.2, -0.15) is 5.10 Å². The van der Waals surface area contributed by atoms with Crippen LogP contribution in [0.25, 0.3) is 16.9 Å². The van der Waals surface area contributed by atoms with Gasteiger partial charge in [-0.15, -0.1) is 0 Å². The molecular formula is C15H15N3. The molecule has 0 bridgehead atoms. The van der Waals surface area contributed by atoms with E-state index in [2.05, 4.69) is 41.3 Å². The van der Waals surface area contributed by atoms with Crippen molar-refractivity contribution in [1.29, 1.82) is 0 Å². The standard InChI is InChI=1S/C15H15N3/c1-3-12-4-6-13(7-5-12)14-10-15-16-11(2)8-9-18(15)17-14/h4-10H,3H2,1-2H3. The Morgan fingerprint density at radius 3 is 2.61 bits per heavy atom. The maximum Gasteiger partial charge on any atom is 0.155 e. The first kappa shape index (κ1) is 11.0. The minimum absolute atomic E-state index is 0.893. The predicted molar refractivity (Wildman–Crippen MR) is 72.5 cm³/mol. The maximum absolute atomic E-state index is 4.53. The molecule has 0 saturated heterocycles. The lowest BCUT2D eigenvalue weighted by Crippen LogP contribution is -1.90. The molecule has 90 valence electrons. The summed E-state index contributed by atoms with van der Waals surface area (Å²) in [5.41, 5.74) is 5.35. The highest BCUT2D eigenvalue weighted by Gasteiger charge is 2.05. The highest BCUT2D eigenvalue weighted by Crippen LogP contribution is 2.19. The molecule has 0 N–H and O–H groups in total. The van der Waals surface area contributed by atoms with E-state index in [1.807, 2.05) is 29.8 Å². The van der Waals surface area contributed by atoms with Crippen molar-refractivity contribution in [2.45, 2.75) is 20.3 Å². The van der Waals surface area contributed by atoms with Crippen LogP contribution in [0.2, 0.25) is 0 Å². The molecule has 0 aliphatic heterocycles. The van der Waals surface area contributed by atoms with Crippen molar-refractivity contribution in [2.24, 2.45) is 0 Å². The van der Waals surface area contributed by atoms with E-state index in [4.69, 9.17) is 0 Å². The Bertz CT molecular complexity index is 681. The van der Waals surface area contributed by atoms with Crippen molar-refractivity contribution in [2.75, 3.05) is 0 Å². The molecule has 0 unspecified atom stereocenters. The molecule has 2 aromatic heterocycles. The molecule has 18 heavy (non-hydrogen) atoms.